The van der Waals surface area contributed by atoms with Gasteiger partial charge in [0, 0.05) is 0 Å². The van der Waals surface area contributed by atoms with E-state index in [1.807, 2.05) is 12.1 Å². The van der Waals surface area contributed by atoms with Gasteiger partial charge in [-0.1, -0.05) is 19.1 Å². The lowest BCUT2D eigenvalue weighted by molar-refractivity contribution is 0.317. The summed E-state index contributed by atoms with van der Waals surface area (Å²) in [6.45, 7) is 4.98. The topological polar surface area (TPSA) is 44.2 Å². The molecule has 1 aromatic rings. The van der Waals surface area contributed by atoms with Crippen LogP contribution in [0.2, 0.25) is 0 Å². The first-order valence-electron chi connectivity index (χ1n) is 4.02. The van der Waals surface area contributed by atoms with Crippen LogP contribution in [0.15, 0.2) is 24.3 Å². The van der Waals surface area contributed by atoms with Gasteiger partial charge in [0.25, 0.3) is 0 Å². The molecule has 68 valence electrons. The van der Waals surface area contributed by atoms with Gasteiger partial charge < -0.3 is 10.9 Å². The summed E-state index contributed by atoms with van der Waals surface area (Å²) in [5.74, 6) is 0.979. The molecule has 0 amide bonds. The standard InChI is InChI=1S/C10H14O.H3N/c1-3-7-11-10-6-4-5-9(2)8-10;/h4-6,8H,3,7H2,1-2H3;1H3. The third-order valence-corrected chi connectivity index (χ3v) is 1.46. The average Bonchev–Trinajstić information content (AvgIpc) is 2.01. The molecule has 1 aromatic carbocycles. The Labute approximate surface area is 74.1 Å². The second kappa shape index (κ2) is 5.61. The zero-order valence-electron chi connectivity index (χ0n) is 7.84. The van der Waals surface area contributed by atoms with E-state index < -0.39 is 0 Å². The number of hydrogen-bond acceptors (Lipinski definition) is 2. The fourth-order valence-corrected chi connectivity index (χ4v) is 0.925. The van der Waals surface area contributed by atoms with E-state index in [1.54, 1.807) is 0 Å². The van der Waals surface area contributed by atoms with Crippen LogP contribution < -0.4 is 10.9 Å². The molecule has 0 fully saturated rings. The van der Waals surface area contributed by atoms with E-state index >= 15 is 0 Å². The van der Waals surface area contributed by atoms with Crippen LogP contribution in [0.25, 0.3) is 0 Å². The van der Waals surface area contributed by atoms with Crippen molar-refractivity contribution in [3.8, 4) is 5.75 Å². The summed E-state index contributed by atoms with van der Waals surface area (Å²) in [4.78, 5) is 0. The highest BCUT2D eigenvalue weighted by Gasteiger charge is 1.90. The maximum absolute atomic E-state index is 5.44. The SMILES string of the molecule is CCCOc1cccc(C)c1.N. The van der Waals surface area contributed by atoms with Crippen LogP contribution in [0, 0.1) is 6.92 Å². The van der Waals surface area contributed by atoms with Gasteiger partial charge in [-0.25, -0.2) is 0 Å². The largest absolute Gasteiger partial charge is 0.494 e. The first kappa shape index (κ1) is 11.0. The maximum atomic E-state index is 5.44. The van der Waals surface area contributed by atoms with Gasteiger partial charge in [0.05, 0.1) is 6.61 Å². The molecule has 12 heavy (non-hydrogen) atoms. The summed E-state index contributed by atoms with van der Waals surface area (Å²) in [5.41, 5.74) is 1.25. The van der Waals surface area contributed by atoms with Crippen molar-refractivity contribution >= 4 is 0 Å². The lowest BCUT2D eigenvalue weighted by Gasteiger charge is -2.03. The van der Waals surface area contributed by atoms with Gasteiger partial charge in [0.1, 0.15) is 5.75 Å². The Morgan fingerprint density at radius 2 is 2.08 bits per heavy atom. The highest BCUT2D eigenvalue weighted by Crippen LogP contribution is 2.11. The number of benzene rings is 1. The summed E-state index contributed by atoms with van der Waals surface area (Å²) < 4.78 is 5.44. The molecule has 0 spiro atoms. The minimum atomic E-state index is 0. The summed E-state index contributed by atoms with van der Waals surface area (Å²) in [6.07, 6.45) is 1.06. The van der Waals surface area contributed by atoms with Crippen LogP contribution in [0.5, 0.6) is 5.75 Å². The Kier molecular flexibility index (Phi) is 5.13. The second-order valence-corrected chi connectivity index (χ2v) is 2.66. The van der Waals surface area contributed by atoms with Crippen molar-refractivity contribution < 1.29 is 4.74 Å². The van der Waals surface area contributed by atoms with E-state index in [-0.39, 0.29) is 6.15 Å². The van der Waals surface area contributed by atoms with Crippen molar-refractivity contribution in [1.82, 2.24) is 6.15 Å². The van der Waals surface area contributed by atoms with Crippen LogP contribution in [0.1, 0.15) is 18.9 Å². The van der Waals surface area contributed by atoms with Crippen molar-refractivity contribution in [1.29, 1.82) is 0 Å². The van der Waals surface area contributed by atoms with E-state index in [4.69, 9.17) is 4.74 Å². The molecule has 2 nitrogen and oxygen atoms in total. The summed E-state index contributed by atoms with van der Waals surface area (Å²) in [5, 5.41) is 0. The van der Waals surface area contributed by atoms with Gasteiger partial charge in [-0.15, -0.1) is 0 Å². The van der Waals surface area contributed by atoms with Gasteiger partial charge in [-0.05, 0) is 31.0 Å². The predicted molar refractivity (Wildman–Crippen MR) is 52.0 cm³/mol. The van der Waals surface area contributed by atoms with Crippen molar-refractivity contribution in [2.75, 3.05) is 6.61 Å². The molecule has 0 saturated carbocycles. The van der Waals surface area contributed by atoms with Crippen LogP contribution in [-0.4, -0.2) is 6.61 Å². The normalized spacial score (nSPS) is 8.83. The first-order valence-corrected chi connectivity index (χ1v) is 4.02. The van der Waals surface area contributed by atoms with Gasteiger partial charge in [0.2, 0.25) is 0 Å². The van der Waals surface area contributed by atoms with E-state index in [0.717, 1.165) is 18.8 Å². The molecule has 3 N–H and O–H groups in total. The molecule has 0 aliphatic rings. The van der Waals surface area contributed by atoms with Gasteiger partial charge in [0.15, 0.2) is 0 Å². The highest BCUT2D eigenvalue weighted by molar-refractivity contribution is 5.27. The number of ether oxygens (including phenoxy) is 1. The predicted octanol–water partition coefficient (Wildman–Crippen LogP) is 2.95. The molecular weight excluding hydrogens is 150 g/mol. The molecule has 0 radical (unpaired) electrons. The van der Waals surface area contributed by atoms with Crippen LogP contribution in [0.4, 0.5) is 0 Å². The van der Waals surface area contributed by atoms with E-state index in [0.29, 0.717) is 0 Å². The highest BCUT2D eigenvalue weighted by atomic mass is 16.5. The number of aryl methyl sites for hydroxylation is 1. The molecular formula is C10H17NO. The first-order chi connectivity index (χ1) is 5.33. The Morgan fingerprint density at radius 1 is 1.33 bits per heavy atom. The Morgan fingerprint density at radius 3 is 2.67 bits per heavy atom. The van der Waals surface area contributed by atoms with Crippen molar-refractivity contribution in [3.05, 3.63) is 29.8 Å². The maximum Gasteiger partial charge on any atom is 0.119 e. The van der Waals surface area contributed by atoms with Crippen molar-refractivity contribution in [3.63, 3.8) is 0 Å². The second-order valence-electron chi connectivity index (χ2n) is 2.66. The third kappa shape index (κ3) is 3.39. The van der Waals surface area contributed by atoms with E-state index in [9.17, 15) is 0 Å². The molecule has 0 bridgehead atoms. The Balaban J connectivity index is 0.00000121. The fraction of sp³-hybridized carbons (Fsp3) is 0.400. The van der Waals surface area contributed by atoms with Crippen LogP contribution in [-0.2, 0) is 0 Å². The summed E-state index contributed by atoms with van der Waals surface area (Å²) >= 11 is 0. The zero-order valence-corrected chi connectivity index (χ0v) is 7.84. The molecule has 0 atom stereocenters. The minimum absolute atomic E-state index is 0. The lowest BCUT2D eigenvalue weighted by atomic mass is 10.2. The van der Waals surface area contributed by atoms with Gasteiger partial charge >= 0.3 is 0 Å². The van der Waals surface area contributed by atoms with Crippen molar-refractivity contribution in [2.45, 2.75) is 20.3 Å². The van der Waals surface area contributed by atoms with Crippen LogP contribution in [0.3, 0.4) is 0 Å². The molecule has 0 saturated heterocycles. The number of rotatable bonds is 3. The average molecular weight is 167 g/mol. The van der Waals surface area contributed by atoms with Crippen LogP contribution >= 0.6 is 0 Å². The smallest absolute Gasteiger partial charge is 0.119 e. The molecule has 0 aliphatic carbocycles. The Bertz CT molecular complexity index is 223. The minimum Gasteiger partial charge on any atom is -0.494 e. The Hall–Kier alpha value is -1.02. The van der Waals surface area contributed by atoms with E-state index in [2.05, 4.69) is 26.0 Å². The summed E-state index contributed by atoms with van der Waals surface area (Å²) in [7, 11) is 0. The van der Waals surface area contributed by atoms with Gasteiger partial charge in [-0.2, -0.15) is 0 Å². The molecule has 1 rings (SSSR count). The van der Waals surface area contributed by atoms with Crippen molar-refractivity contribution in [2.24, 2.45) is 0 Å². The number of hydrogen-bond donors (Lipinski definition) is 1. The lowest BCUT2D eigenvalue weighted by Crippen LogP contribution is -1.94. The monoisotopic (exact) mass is 167 g/mol. The molecule has 0 unspecified atom stereocenters. The zero-order chi connectivity index (χ0) is 8.10. The fourth-order valence-electron chi connectivity index (χ4n) is 0.925. The molecule has 0 aliphatic heterocycles. The summed E-state index contributed by atoms with van der Waals surface area (Å²) in [6, 6.07) is 8.12. The molecule has 0 heterocycles. The molecule has 0 aromatic heterocycles. The molecule has 2 heteroatoms. The quantitative estimate of drug-likeness (QED) is 0.752. The van der Waals surface area contributed by atoms with Gasteiger partial charge in [-0.3, -0.25) is 0 Å². The van der Waals surface area contributed by atoms with E-state index in [1.165, 1.54) is 5.56 Å². The third-order valence-electron chi connectivity index (χ3n) is 1.46.